The summed E-state index contributed by atoms with van der Waals surface area (Å²) in [5, 5.41) is 17.4. The Morgan fingerprint density at radius 2 is 1.65 bits per heavy atom. The van der Waals surface area contributed by atoms with Crippen molar-refractivity contribution in [1.29, 1.82) is 0 Å². The number of carbonyl (C=O) groups excluding carboxylic acids is 1. The predicted molar refractivity (Wildman–Crippen MR) is 146 cm³/mol. The molecule has 0 radical (unpaired) electrons. The van der Waals surface area contributed by atoms with Gasteiger partial charge in [0.1, 0.15) is 0 Å². The molecule has 3 aromatic carbocycles. The number of para-hydroxylation sites is 2. The van der Waals surface area contributed by atoms with E-state index in [1.54, 1.807) is 43.5 Å². The predicted octanol–water partition coefficient (Wildman–Crippen LogP) is 6.48. The molecule has 1 aliphatic carbocycles. The van der Waals surface area contributed by atoms with Gasteiger partial charge in [0.15, 0.2) is 11.5 Å². The van der Waals surface area contributed by atoms with Crippen LogP contribution in [0.5, 0.6) is 11.5 Å². The number of benzene rings is 3. The Labute approximate surface area is 216 Å². The molecule has 0 atom stereocenters. The smallest absolute Gasteiger partial charge is 0.409 e. The Bertz CT molecular complexity index is 1250. The second-order valence-corrected chi connectivity index (χ2v) is 8.73. The number of amides is 2. The fourth-order valence-corrected chi connectivity index (χ4v) is 4.19. The average molecular weight is 502 g/mol. The number of hydrogen-bond acceptors (Lipinski definition) is 5. The summed E-state index contributed by atoms with van der Waals surface area (Å²) in [5.41, 5.74) is 3.06. The highest BCUT2D eigenvalue weighted by atomic mass is 16.5. The van der Waals surface area contributed by atoms with E-state index in [9.17, 15) is 9.59 Å². The van der Waals surface area contributed by atoms with Crippen molar-refractivity contribution in [3.8, 4) is 11.5 Å². The van der Waals surface area contributed by atoms with E-state index in [4.69, 9.17) is 14.6 Å². The number of nitrogens with one attached hydrogen (secondary N) is 3. The van der Waals surface area contributed by atoms with Gasteiger partial charge in [-0.3, -0.25) is 10.1 Å². The Morgan fingerprint density at radius 3 is 2.32 bits per heavy atom. The molecule has 0 spiro atoms. The van der Waals surface area contributed by atoms with Crippen molar-refractivity contribution in [1.82, 2.24) is 0 Å². The quantitative estimate of drug-likeness (QED) is 0.253. The molecule has 0 saturated heterocycles. The zero-order valence-corrected chi connectivity index (χ0v) is 20.7. The summed E-state index contributed by atoms with van der Waals surface area (Å²) in [7, 11) is 1.65. The van der Waals surface area contributed by atoms with Gasteiger partial charge >= 0.3 is 6.09 Å². The Balaban J connectivity index is 1.31. The maximum Gasteiger partial charge on any atom is 0.409 e. The van der Waals surface area contributed by atoms with Crippen molar-refractivity contribution >= 4 is 35.1 Å². The van der Waals surface area contributed by atoms with Gasteiger partial charge in [-0.25, -0.2) is 4.79 Å². The molecular weight excluding hydrogens is 470 g/mol. The third-order valence-corrected chi connectivity index (χ3v) is 6.08. The summed E-state index contributed by atoms with van der Waals surface area (Å²) in [6.07, 6.45) is 7.62. The lowest BCUT2D eigenvalue weighted by molar-refractivity contribution is 0.102. The van der Waals surface area contributed by atoms with Gasteiger partial charge in [0.05, 0.1) is 24.6 Å². The molecule has 0 bridgehead atoms. The van der Waals surface area contributed by atoms with Crippen molar-refractivity contribution in [2.75, 3.05) is 29.6 Å². The van der Waals surface area contributed by atoms with Crippen LogP contribution in [0.25, 0.3) is 6.08 Å². The largest absolute Gasteiger partial charge is 0.493 e. The summed E-state index contributed by atoms with van der Waals surface area (Å²) in [6.45, 7) is 0.616. The minimum Gasteiger partial charge on any atom is -0.493 e. The molecule has 192 valence electrons. The molecule has 1 aliphatic rings. The fraction of sp³-hybridized carbons (Fsp3) is 0.241. The highest BCUT2D eigenvalue weighted by molar-refractivity contribution is 6.06. The van der Waals surface area contributed by atoms with E-state index in [1.165, 1.54) is 12.8 Å². The maximum absolute atomic E-state index is 12.6. The van der Waals surface area contributed by atoms with E-state index in [2.05, 4.69) is 16.0 Å². The SMILES string of the molecule is COc1ccc(NCC=Cc2ccc(C(=O)Nc3ccccc3NC(=O)O)cc2)cc1OC1CCCC1. The fourth-order valence-electron chi connectivity index (χ4n) is 4.19. The molecule has 2 amide bonds. The third-order valence-electron chi connectivity index (χ3n) is 6.08. The number of ether oxygens (including phenoxy) is 2. The number of anilines is 3. The molecule has 0 aliphatic heterocycles. The zero-order valence-electron chi connectivity index (χ0n) is 20.7. The summed E-state index contributed by atoms with van der Waals surface area (Å²) in [6, 6.07) is 19.7. The summed E-state index contributed by atoms with van der Waals surface area (Å²) < 4.78 is 11.6. The number of carboxylic acid groups (broad SMARTS) is 1. The highest BCUT2D eigenvalue weighted by Gasteiger charge is 2.18. The van der Waals surface area contributed by atoms with Crippen molar-refractivity contribution in [2.45, 2.75) is 31.8 Å². The van der Waals surface area contributed by atoms with Gasteiger partial charge in [0.2, 0.25) is 0 Å². The van der Waals surface area contributed by atoms with Crippen LogP contribution >= 0.6 is 0 Å². The van der Waals surface area contributed by atoms with E-state index in [0.29, 0.717) is 23.5 Å². The van der Waals surface area contributed by atoms with Crippen LogP contribution in [-0.4, -0.2) is 36.9 Å². The summed E-state index contributed by atoms with van der Waals surface area (Å²) >= 11 is 0. The molecule has 8 heteroatoms. The molecule has 3 aromatic rings. The minimum atomic E-state index is -1.20. The molecule has 1 saturated carbocycles. The third kappa shape index (κ3) is 7.27. The first-order valence-corrected chi connectivity index (χ1v) is 12.3. The van der Waals surface area contributed by atoms with Crippen LogP contribution in [0, 0.1) is 0 Å². The second-order valence-electron chi connectivity index (χ2n) is 8.73. The first kappa shape index (κ1) is 25.6. The van der Waals surface area contributed by atoms with Gasteiger partial charge in [-0.05, 0) is 67.6 Å². The number of hydrogen-bond donors (Lipinski definition) is 4. The van der Waals surface area contributed by atoms with Crippen LogP contribution in [0.15, 0.2) is 72.8 Å². The highest BCUT2D eigenvalue weighted by Crippen LogP contribution is 2.34. The zero-order chi connectivity index (χ0) is 26.0. The van der Waals surface area contributed by atoms with Gasteiger partial charge in [-0.1, -0.05) is 36.4 Å². The van der Waals surface area contributed by atoms with Crippen LogP contribution in [-0.2, 0) is 0 Å². The van der Waals surface area contributed by atoms with Crippen molar-refractivity contribution in [3.63, 3.8) is 0 Å². The summed E-state index contributed by atoms with van der Waals surface area (Å²) in [5.74, 6) is 1.17. The van der Waals surface area contributed by atoms with Crippen LogP contribution in [0.3, 0.4) is 0 Å². The average Bonchev–Trinajstić information content (AvgIpc) is 3.41. The monoisotopic (exact) mass is 501 g/mol. The van der Waals surface area contributed by atoms with Crippen molar-refractivity contribution in [2.24, 2.45) is 0 Å². The van der Waals surface area contributed by atoms with Crippen LogP contribution in [0.2, 0.25) is 0 Å². The summed E-state index contributed by atoms with van der Waals surface area (Å²) in [4.78, 5) is 23.6. The minimum absolute atomic E-state index is 0.255. The number of methoxy groups -OCH3 is 1. The molecule has 4 N–H and O–H groups in total. The lowest BCUT2D eigenvalue weighted by atomic mass is 10.1. The number of rotatable bonds is 10. The first-order valence-electron chi connectivity index (χ1n) is 12.3. The van der Waals surface area contributed by atoms with Gasteiger partial charge in [0.25, 0.3) is 5.91 Å². The normalized spacial score (nSPS) is 13.3. The molecule has 0 unspecified atom stereocenters. The standard InChI is InChI=1S/C29H31N3O5/c1-36-26-17-16-22(19-27(26)37-23-8-2-3-9-23)30-18-6-7-20-12-14-21(15-13-20)28(33)31-24-10-4-5-11-25(24)32-29(34)35/h4-7,10-17,19,23,30,32H,2-3,8-9,18H2,1H3,(H,31,33)(H,34,35). The molecular formula is C29H31N3O5. The van der Waals surface area contributed by atoms with E-state index >= 15 is 0 Å². The Hall–Kier alpha value is -4.46. The van der Waals surface area contributed by atoms with Crippen LogP contribution < -0.4 is 25.4 Å². The molecule has 37 heavy (non-hydrogen) atoms. The van der Waals surface area contributed by atoms with Crippen molar-refractivity contribution in [3.05, 3.63) is 83.9 Å². The lowest BCUT2D eigenvalue weighted by Gasteiger charge is -2.17. The van der Waals surface area contributed by atoms with Crippen molar-refractivity contribution < 1.29 is 24.2 Å². The maximum atomic E-state index is 12.6. The Kier molecular flexibility index (Phi) is 8.65. The first-order chi connectivity index (χ1) is 18.0. The van der Waals surface area contributed by atoms with Gasteiger partial charge < -0.3 is 25.2 Å². The van der Waals surface area contributed by atoms with E-state index in [0.717, 1.165) is 35.6 Å². The number of carbonyl (C=O) groups is 2. The van der Waals surface area contributed by atoms with E-state index < -0.39 is 6.09 Å². The van der Waals surface area contributed by atoms with E-state index in [-0.39, 0.29) is 12.0 Å². The molecule has 4 rings (SSSR count). The Morgan fingerprint density at radius 1 is 0.946 bits per heavy atom. The second kappa shape index (κ2) is 12.5. The lowest BCUT2D eigenvalue weighted by Crippen LogP contribution is -2.15. The molecule has 0 aromatic heterocycles. The molecule has 0 heterocycles. The topological polar surface area (TPSA) is 109 Å². The van der Waals surface area contributed by atoms with E-state index in [1.807, 2.05) is 42.5 Å². The van der Waals surface area contributed by atoms with Gasteiger partial charge in [-0.15, -0.1) is 0 Å². The van der Waals surface area contributed by atoms with Gasteiger partial charge in [-0.2, -0.15) is 0 Å². The molecule has 8 nitrogen and oxygen atoms in total. The van der Waals surface area contributed by atoms with Crippen LogP contribution in [0.4, 0.5) is 21.9 Å². The van der Waals surface area contributed by atoms with Crippen LogP contribution in [0.1, 0.15) is 41.6 Å². The van der Waals surface area contributed by atoms with Gasteiger partial charge in [0, 0.05) is 23.9 Å². The molecule has 1 fully saturated rings.